The molecule has 11 heteroatoms. The number of rotatable bonds is 5. The number of hydrogen-bond donors (Lipinski definition) is 0. The highest BCUT2D eigenvalue weighted by molar-refractivity contribution is 7.71. The van der Waals surface area contributed by atoms with Crippen LogP contribution in [0.15, 0.2) is 10.5 Å². The Morgan fingerprint density at radius 3 is 2.52 bits per heavy atom. The quantitative estimate of drug-likeness (QED) is 0.675. The van der Waals surface area contributed by atoms with E-state index in [4.69, 9.17) is 30.8 Å². The molecule has 146 valence electrons. The van der Waals surface area contributed by atoms with Gasteiger partial charge in [0.2, 0.25) is 5.88 Å². The van der Waals surface area contributed by atoms with Gasteiger partial charge in [-0.2, -0.15) is 4.98 Å². The minimum absolute atomic E-state index is 0.139. The van der Waals surface area contributed by atoms with Gasteiger partial charge in [-0.05, 0) is 19.1 Å². The van der Waals surface area contributed by atoms with Crippen molar-refractivity contribution < 1.29 is 18.6 Å². The second-order valence-electron chi connectivity index (χ2n) is 6.22. The van der Waals surface area contributed by atoms with E-state index in [0.29, 0.717) is 48.9 Å². The van der Waals surface area contributed by atoms with E-state index in [1.54, 1.807) is 4.79 Å². The molecule has 0 aliphatic carbocycles. The number of aryl methyl sites for hydroxylation is 1. The van der Waals surface area contributed by atoms with Crippen LogP contribution in [0.3, 0.4) is 0 Å². The largest absolute Gasteiger partial charge is 0.467 e. The van der Waals surface area contributed by atoms with Gasteiger partial charge < -0.3 is 23.5 Å². The number of anilines is 1. The van der Waals surface area contributed by atoms with Gasteiger partial charge in [0, 0.05) is 19.2 Å². The molecular formula is C16H22N6O4S. The van der Waals surface area contributed by atoms with E-state index >= 15 is 0 Å². The fraction of sp³-hybridized carbons (Fsp3) is 0.625. The van der Waals surface area contributed by atoms with E-state index in [-0.39, 0.29) is 6.61 Å². The number of morpholine rings is 2. The highest BCUT2D eigenvalue weighted by atomic mass is 32.1. The van der Waals surface area contributed by atoms with Crippen LogP contribution in [0.2, 0.25) is 0 Å². The highest BCUT2D eigenvalue weighted by Gasteiger charge is 2.17. The van der Waals surface area contributed by atoms with Gasteiger partial charge in [-0.3, -0.25) is 5.01 Å². The fourth-order valence-corrected chi connectivity index (χ4v) is 3.23. The number of aromatic nitrogens is 4. The van der Waals surface area contributed by atoms with Crippen molar-refractivity contribution in [3.8, 4) is 5.88 Å². The molecule has 0 N–H and O–H groups in total. The molecule has 0 aromatic carbocycles. The molecule has 2 fully saturated rings. The third kappa shape index (κ3) is 4.37. The van der Waals surface area contributed by atoms with Gasteiger partial charge in [0.25, 0.3) is 5.89 Å². The minimum atomic E-state index is 0.139. The zero-order chi connectivity index (χ0) is 18.6. The third-order valence-corrected chi connectivity index (χ3v) is 4.56. The second-order valence-corrected chi connectivity index (χ2v) is 6.57. The minimum Gasteiger partial charge on any atom is -0.467 e. The maximum absolute atomic E-state index is 5.79. The highest BCUT2D eigenvalue weighted by Crippen LogP contribution is 2.19. The first-order valence-corrected chi connectivity index (χ1v) is 9.33. The van der Waals surface area contributed by atoms with E-state index in [1.807, 2.05) is 18.0 Å². The first-order valence-electron chi connectivity index (χ1n) is 8.92. The molecule has 0 bridgehead atoms. The van der Waals surface area contributed by atoms with Crippen LogP contribution in [0.5, 0.6) is 5.88 Å². The van der Waals surface area contributed by atoms with Crippen LogP contribution in [0, 0.1) is 11.8 Å². The summed E-state index contributed by atoms with van der Waals surface area (Å²) in [5.41, 5.74) is 0. The van der Waals surface area contributed by atoms with Crippen LogP contribution in [0.4, 0.5) is 5.82 Å². The standard InChI is InChI=1S/C16H22N6O4S/c1-12-17-13(20-2-6-23-7-3-20)10-14(18-12)25-11-15-19-22(16(27)26-15)21-4-8-24-9-5-21/h10H,2-9,11H2,1H3. The Labute approximate surface area is 161 Å². The molecule has 4 rings (SSSR count). The summed E-state index contributed by atoms with van der Waals surface area (Å²) in [5, 5.41) is 6.39. The van der Waals surface area contributed by atoms with Crippen molar-refractivity contribution in [2.24, 2.45) is 0 Å². The molecule has 0 unspecified atom stereocenters. The van der Waals surface area contributed by atoms with Crippen LogP contribution in [0.25, 0.3) is 0 Å². The Morgan fingerprint density at radius 2 is 1.78 bits per heavy atom. The van der Waals surface area contributed by atoms with E-state index in [2.05, 4.69) is 20.0 Å². The van der Waals surface area contributed by atoms with Crippen LogP contribution >= 0.6 is 12.2 Å². The molecule has 0 atom stereocenters. The van der Waals surface area contributed by atoms with Crippen molar-refractivity contribution in [2.45, 2.75) is 13.5 Å². The van der Waals surface area contributed by atoms with Crippen LogP contribution in [0.1, 0.15) is 11.7 Å². The van der Waals surface area contributed by atoms with Gasteiger partial charge in [0.05, 0.1) is 39.5 Å². The van der Waals surface area contributed by atoms with Crippen molar-refractivity contribution in [3.05, 3.63) is 22.6 Å². The molecule has 0 radical (unpaired) electrons. The molecule has 2 saturated heterocycles. The second kappa shape index (κ2) is 8.19. The third-order valence-electron chi connectivity index (χ3n) is 4.31. The smallest absolute Gasteiger partial charge is 0.307 e. The molecule has 2 aliphatic heterocycles. The first kappa shape index (κ1) is 18.1. The summed E-state index contributed by atoms with van der Waals surface area (Å²) in [5.74, 6) is 2.36. The summed E-state index contributed by atoms with van der Waals surface area (Å²) in [4.78, 5) is 12.9. The SMILES string of the molecule is Cc1nc(OCc2nn(N3CCOCC3)c(=S)o2)cc(N2CCOCC2)n1. The topological polar surface area (TPSA) is 90.9 Å². The summed E-state index contributed by atoms with van der Waals surface area (Å²) < 4.78 is 22.1. The Balaban J connectivity index is 1.44. The van der Waals surface area contributed by atoms with E-state index in [0.717, 1.165) is 32.0 Å². The van der Waals surface area contributed by atoms with Crippen LogP contribution in [-0.4, -0.2) is 72.5 Å². The monoisotopic (exact) mass is 394 g/mol. The van der Waals surface area contributed by atoms with Crippen molar-refractivity contribution in [1.29, 1.82) is 0 Å². The summed E-state index contributed by atoms with van der Waals surface area (Å²) in [7, 11) is 0. The Hall–Kier alpha value is -2.24. The molecule has 0 spiro atoms. The molecule has 27 heavy (non-hydrogen) atoms. The lowest BCUT2D eigenvalue weighted by Crippen LogP contribution is -2.44. The lowest BCUT2D eigenvalue weighted by Gasteiger charge is -2.28. The van der Waals surface area contributed by atoms with Crippen LogP contribution < -0.4 is 14.6 Å². The molecular weight excluding hydrogens is 372 g/mol. The van der Waals surface area contributed by atoms with Crippen molar-refractivity contribution in [1.82, 2.24) is 19.9 Å². The summed E-state index contributed by atoms with van der Waals surface area (Å²) in [6.07, 6.45) is 0. The molecule has 10 nitrogen and oxygen atoms in total. The average Bonchev–Trinajstić information content (AvgIpc) is 3.08. The van der Waals surface area contributed by atoms with Crippen molar-refractivity contribution in [2.75, 3.05) is 62.5 Å². The fourth-order valence-electron chi connectivity index (χ4n) is 2.98. The molecule has 4 heterocycles. The molecule has 0 amide bonds. The predicted octanol–water partition coefficient (Wildman–Crippen LogP) is 0.688. The summed E-state index contributed by atoms with van der Waals surface area (Å²) in [6.45, 7) is 7.69. The zero-order valence-electron chi connectivity index (χ0n) is 15.2. The van der Waals surface area contributed by atoms with Crippen LogP contribution in [-0.2, 0) is 16.1 Å². The molecule has 2 aliphatic rings. The summed E-state index contributed by atoms with van der Waals surface area (Å²) >= 11 is 5.26. The number of hydrogen-bond acceptors (Lipinski definition) is 10. The maximum atomic E-state index is 5.79. The first-order chi connectivity index (χ1) is 13.2. The van der Waals surface area contributed by atoms with Gasteiger partial charge in [0.15, 0.2) is 6.61 Å². The molecule has 2 aromatic heterocycles. The van der Waals surface area contributed by atoms with E-state index < -0.39 is 0 Å². The summed E-state index contributed by atoms with van der Waals surface area (Å²) in [6, 6.07) is 1.83. The Bertz CT molecular complexity index is 829. The van der Waals surface area contributed by atoms with Crippen molar-refractivity contribution >= 4 is 18.0 Å². The Morgan fingerprint density at radius 1 is 1.07 bits per heavy atom. The van der Waals surface area contributed by atoms with Gasteiger partial charge >= 0.3 is 4.84 Å². The Kier molecular flexibility index (Phi) is 5.50. The van der Waals surface area contributed by atoms with Crippen molar-refractivity contribution in [3.63, 3.8) is 0 Å². The van der Waals surface area contributed by atoms with Gasteiger partial charge in [0.1, 0.15) is 11.6 Å². The lowest BCUT2D eigenvalue weighted by molar-refractivity contribution is 0.108. The maximum Gasteiger partial charge on any atom is 0.307 e. The normalized spacial score (nSPS) is 18.0. The van der Waals surface area contributed by atoms with E-state index in [1.165, 1.54) is 0 Å². The average molecular weight is 394 g/mol. The van der Waals surface area contributed by atoms with Gasteiger partial charge in [-0.25, -0.2) is 4.98 Å². The van der Waals surface area contributed by atoms with Gasteiger partial charge in [-0.15, -0.1) is 9.89 Å². The molecule has 0 saturated carbocycles. The zero-order valence-corrected chi connectivity index (χ0v) is 16.0. The number of ether oxygens (including phenoxy) is 3. The van der Waals surface area contributed by atoms with E-state index in [9.17, 15) is 0 Å². The molecule has 2 aromatic rings. The van der Waals surface area contributed by atoms with Gasteiger partial charge in [-0.1, -0.05) is 0 Å². The number of nitrogens with zero attached hydrogens (tertiary/aromatic N) is 6. The lowest BCUT2D eigenvalue weighted by atomic mass is 10.4. The predicted molar refractivity (Wildman–Crippen MR) is 98.2 cm³/mol.